The second kappa shape index (κ2) is 1.96. The molecular weight excluding hydrogens is 114 g/mol. The number of ether oxygens (including phenoxy) is 1. The van der Waals surface area contributed by atoms with Gasteiger partial charge in [0.15, 0.2) is 0 Å². The van der Waals surface area contributed by atoms with Crippen LogP contribution in [-0.2, 0) is 4.74 Å². The molecule has 1 unspecified atom stereocenters. The third-order valence-electron chi connectivity index (χ3n) is 2.24. The highest BCUT2D eigenvalue weighted by Crippen LogP contribution is 2.32. The molecular formula is C7H13NO. The van der Waals surface area contributed by atoms with E-state index in [1.54, 1.807) is 0 Å². The van der Waals surface area contributed by atoms with E-state index in [2.05, 4.69) is 5.32 Å². The maximum atomic E-state index is 5.35. The van der Waals surface area contributed by atoms with Crippen LogP contribution in [0.15, 0.2) is 0 Å². The van der Waals surface area contributed by atoms with E-state index in [1.807, 2.05) is 0 Å². The highest BCUT2D eigenvalue weighted by Gasteiger charge is 2.44. The van der Waals surface area contributed by atoms with Crippen molar-refractivity contribution in [3.63, 3.8) is 0 Å². The minimum absolute atomic E-state index is 0.302. The molecule has 2 nitrogen and oxygen atoms in total. The Morgan fingerprint density at radius 2 is 2.22 bits per heavy atom. The Morgan fingerprint density at radius 1 is 1.33 bits per heavy atom. The summed E-state index contributed by atoms with van der Waals surface area (Å²) < 4.78 is 5.35. The fraction of sp³-hybridized carbons (Fsp3) is 1.00. The molecule has 1 spiro atoms. The Balaban J connectivity index is 1.92. The van der Waals surface area contributed by atoms with Crippen molar-refractivity contribution in [1.82, 2.24) is 5.32 Å². The minimum atomic E-state index is 0.302. The van der Waals surface area contributed by atoms with Crippen LogP contribution >= 0.6 is 0 Å². The summed E-state index contributed by atoms with van der Waals surface area (Å²) in [7, 11) is 0. The van der Waals surface area contributed by atoms with Crippen molar-refractivity contribution in [3.05, 3.63) is 0 Å². The molecule has 0 bridgehead atoms. The maximum Gasteiger partial charge on any atom is 0.104 e. The lowest BCUT2D eigenvalue weighted by molar-refractivity contribution is 0.288. The summed E-state index contributed by atoms with van der Waals surface area (Å²) in [6.45, 7) is 3.28. The molecule has 2 rings (SSSR count). The quantitative estimate of drug-likeness (QED) is 0.480. The maximum absolute atomic E-state index is 5.35. The molecule has 1 atom stereocenters. The van der Waals surface area contributed by atoms with Crippen molar-refractivity contribution < 1.29 is 4.74 Å². The molecule has 0 aromatic carbocycles. The van der Waals surface area contributed by atoms with Gasteiger partial charge in [0, 0.05) is 6.54 Å². The summed E-state index contributed by atoms with van der Waals surface area (Å²) in [5.41, 5.74) is 0.302. The average Bonchev–Trinajstić information content (AvgIpc) is 2.64. The highest BCUT2D eigenvalue weighted by atomic mass is 16.6. The predicted octanol–water partition coefficient (Wildman–Crippen LogP) is 0.529. The Kier molecular flexibility index (Phi) is 1.24. The van der Waals surface area contributed by atoms with Crippen molar-refractivity contribution in [3.8, 4) is 0 Å². The summed E-state index contributed by atoms with van der Waals surface area (Å²) in [6.07, 6.45) is 3.94. The molecule has 2 fully saturated rings. The largest absolute Gasteiger partial charge is 0.368 e. The van der Waals surface area contributed by atoms with Crippen LogP contribution in [0.1, 0.15) is 19.3 Å². The summed E-state index contributed by atoms with van der Waals surface area (Å²) in [6, 6.07) is 0. The molecule has 2 saturated heterocycles. The minimum Gasteiger partial charge on any atom is -0.368 e. The number of epoxide rings is 1. The van der Waals surface area contributed by atoms with Crippen LogP contribution in [0.3, 0.4) is 0 Å². The Morgan fingerprint density at radius 3 is 3.00 bits per heavy atom. The van der Waals surface area contributed by atoms with Crippen LogP contribution < -0.4 is 5.32 Å². The standard InChI is InChI=1S/C7H13NO/c1-2-4-8-5-7(3-1)6-9-7/h8H,1-6H2. The van der Waals surface area contributed by atoms with Crippen LogP contribution in [0.4, 0.5) is 0 Å². The van der Waals surface area contributed by atoms with Crippen molar-refractivity contribution >= 4 is 0 Å². The molecule has 9 heavy (non-hydrogen) atoms. The number of hydrogen-bond donors (Lipinski definition) is 1. The third kappa shape index (κ3) is 1.10. The Hall–Kier alpha value is -0.0800. The lowest BCUT2D eigenvalue weighted by Gasteiger charge is -2.04. The Labute approximate surface area is 55.6 Å². The van der Waals surface area contributed by atoms with E-state index in [0.717, 1.165) is 13.2 Å². The van der Waals surface area contributed by atoms with E-state index in [0.29, 0.717) is 5.60 Å². The first kappa shape index (κ1) is 5.69. The first-order valence-corrected chi connectivity index (χ1v) is 3.76. The van der Waals surface area contributed by atoms with Crippen LogP contribution in [0.5, 0.6) is 0 Å². The predicted molar refractivity (Wildman–Crippen MR) is 35.4 cm³/mol. The zero-order valence-electron chi connectivity index (χ0n) is 5.65. The van der Waals surface area contributed by atoms with Gasteiger partial charge in [-0.25, -0.2) is 0 Å². The zero-order valence-corrected chi connectivity index (χ0v) is 5.65. The van der Waals surface area contributed by atoms with Gasteiger partial charge in [-0.15, -0.1) is 0 Å². The van der Waals surface area contributed by atoms with E-state index in [1.165, 1.54) is 25.8 Å². The van der Waals surface area contributed by atoms with Gasteiger partial charge in [0.2, 0.25) is 0 Å². The van der Waals surface area contributed by atoms with Gasteiger partial charge in [-0.1, -0.05) is 0 Å². The van der Waals surface area contributed by atoms with Gasteiger partial charge in [0.1, 0.15) is 5.60 Å². The second-order valence-electron chi connectivity index (χ2n) is 3.11. The first-order chi connectivity index (χ1) is 4.41. The third-order valence-corrected chi connectivity index (χ3v) is 2.24. The van der Waals surface area contributed by atoms with Crippen molar-refractivity contribution in [2.24, 2.45) is 0 Å². The summed E-state index contributed by atoms with van der Waals surface area (Å²) in [5.74, 6) is 0. The first-order valence-electron chi connectivity index (χ1n) is 3.76. The average molecular weight is 127 g/mol. The normalized spacial score (nSPS) is 42.7. The molecule has 0 amide bonds. The number of nitrogens with one attached hydrogen (secondary N) is 1. The molecule has 2 aliphatic heterocycles. The van der Waals surface area contributed by atoms with Gasteiger partial charge in [0.05, 0.1) is 6.61 Å². The molecule has 1 N–H and O–H groups in total. The SMILES string of the molecule is C1CCC2(CNC1)CO2. The summed E-state index contributed by atoms with van der Waals surface area (Å²) >= 11 is 0. The molecule has 0 saturated carbocycles. The smallest absolute Gasteiger partial charge is 0.104 e. The second-order valence-corrected chi connectivity index (χ2v) is 3.11. The van der Waals surface area contributed by atoms with Crippen molar-refractivity contribution in [1.29, 1.82) is 0 Å². The molecule has 0 radical (unpaired) electrons. The fourth-order valence-electron chi connectivity index (χ4n) is 1.45. The van der Waals surface area contributed by atoms with Crippen LogP contribution in [-0.4, -0.2) is 25.3 Å². The van der Waals surface area contributed by atoms with E-state index in [9.17, 15) is 0 Å². The molecule has 2 heterocycles. The van der Waals surface area contributed by atoms with E-state index in [4.69, 9.17) is 4.74 Å². The molecule has 0 aromatic heterocycles. The van der Waals surface area contributed by atoms with Gasteiger partial charge in [0.25, 0.3) is 0 Å². The van der Waals surface area contributed by atoms with Crippen LogP contribution in [0.2, 0.25) is 0 Å². The van der Waals surface area contributed by atoms with Gasteiger partial charge in [-0.2, -0.15) is 0 Å². The molecule has 2 aliphatic rings. The lowest BCUT2D eigenvalue weighted by Crippen LogP contribution is -2.27. The Bertz CT molecular complexity index is 99.5. The van der Waals surface area contributed by atoms with Crippen LogP contribution in [0.25, 0.3) is 0 Å². The molecule has 52 valence electrons. The highest BCUT2D eigenvalue weighted by molar-refractivity contribution is 4.95. The van der Waals surface area contributed by atoms with E-state index < -0.39 is 0 Å². The topological polar surface area (TPSA) is 24.6 Å². The van der Waals surface area contributed by atoms with Gasteiger partial charge in [-0.05, 0) is 25.8 Å². The number of hydrogen-bond acceptors (Lipinski definition) is 2. The molecule has 0 aliphatic carbocycles. The summed E-state index contributed by atoms with van der Waals surface area (Å²) in [5, 5.41) is 3.38. The van der Waals surface area contributed by atoms with Crippen molar-refractivity contribution in [2.75, 3.05) is 19.7 Å². The van der Waals surface area contributed by atoms with Crippen molar-refractivity contribution in [2.45, 2.75) is 24.9 Å². The summed E-state index contributed by atoms with van der Waals surface area (Å²) in [4.78, 5) is 0. The number of rotatable bonds is 0. The molecule has 2 heteroatoms. The van der Waals surface area contributed by atoms with Gasteiger partial charge < -0.3 is 10.1 Å². The van der Waals surface area contributed by atoms with Crippen LogP contribution in [0, 0.1) is 0 Å². The van der Waals surface area contributed by atoms with E-state index >= 15 is 0 Å². The fourth-order valence-corrected chi connectivity index (χ4v) is 1.45. The zero-order chi connectivity index (χ0) is 6.16. The van der Waals surface area contributed by atoms with E-state index in [-0.39, 0.29) is 0 Å². The lowest BCUT2D eigenvalue weighted by atomic mass is 10.1. The molecule has 0 aromatic rings. The monoisotopic (exact) mass is 127 g/mol. The van der Waals surface area contributed by atoms with Gasteiger partial charge >= 0.3 is 0 Å². The van der Waals surface area contributed by atoms with Gasteiger partial charge in [-0.3, -0.25) is 0 Å².